The van der Waals surface area contributed by atoms with Gasteiger partial charge in [0, 0.05) is 11.8 Å². The van der Waals surface area contributed by atoms with E-state index < -0.39 is 5.60 Å². The maximum absolute atomic E-state index is 11.4. The van der Waals surface area contributed by atoms with Gasteiger partial charge in [-0.2, -0.15) is 0 Å². The SMILES string of the molecule is C[C@@H]1C(O)(C(C)(C)C)[C@H](C)[C@]2(C)CC[C@@]1(C)O2. The van der Waals surface area contributed by atoms with Crippen LogP contribution in [0.4, 0.5) is 0 Å². The Bertz CT molecular complexity index is 308. The Hall–Kier alpha value is -0.0800. The monoisotopic (exact) mass is 240 g/mol. The molecule has 2 aliphatic rings. The van der Waals surface area contributed by atoms with Crippen molar-refractivity contribution in [2.24, 2.45) is 17.3 Å². The Morgan fingerprint density at radius 2 is 1.35 bits per heavy atom. The molecule has 2 heterocycles. The van der Waals surface area contributed by atoms with Crippen LogP contribution in [0.2, 0.25) is 0 Å². The summed E-state index contributed by atoms with van der Waals surface area (Å²) in [4.78, 5) is 0. The van der Waals surface area contributed by atoms with Gasteiger partial charge in [-0.3, -0.25) is 0 Å². The summed E-state index contributed by atoms with van der Waals surface area (Å²) in [5.41, 5.74) is -1.11. The number of ether oxygens (including phenoxy) is 1. The highest BCUT2D eigenvalue weighted by atomic mass is 16.5. The van der Waals surface area contributed by atoms with Crippen LogP contribution < -0.4 is 0 Å². The molecule has 0 saturated carbocycles. The van der Waals surface area contributed by atoms with Crippen LogP contribution in [0.25, 0.3) is 0 Å². The summed E-state index contributed by atoms with van der Waals surface area (Å²) in [5.74, 6) is 0.334. The van der Waals surface area contributed by atoms with E-state index in [4.69, 9.17) is 4.74 Å². The third-order valence-corrected chi connectivity index (χ3v) is 5.94. The van der Waals surface area contributed by atoms with E-state index in [9.17, 15) is 5.11 Å². The molecule has 0 radical (unpaired) electrons. The van der Waals surface area contributed by atoms with Crippen LogP contribution in [0.1, 0.15) is 61.3 Å². The maximum Gasteiger partial charge on any atom is 0.0801 e. The third-order valence-electron chi connectivity index (χ3n) is 5.94. The summed E-state index contributed by atoms with van der Waals surface area (Å²) in [6.45, 7) is 15.1. The number of aliphatic hydroxyl groups is 1. The van der Waals surface area contributed by atoms with Crippen molar-refractivity contribution in [2.45, 2.75) is 78.1 Å². The van der Waals surface area contributed by atoms with Crippen molar-refractivity contribution < 1.29 is 9.84 Å². The number of rotatable bonds is 0. The van der Waals surface area contributed by atoms with Crippen molar-refractivity contribution in [3.8, 4) is 0 Å². The van der Waals surface area contributed by atoms with E-state index >= 15 is 0 Å². The molecule has 2 heteroatoms. The van der Waals surface area contributed by atoms with Gasteiger partial charge >= 0.3 is 0 Å². The molecule has 5 atom stereocenters. The molecular formula is C15H28O2. The van der Waals surface area contributed by atoms with Crippen LogP contribution in [0.3, 0.4) is 0 Å². The first kappa shape index (κ1) is 13.4. The van der Waals surface area contributed by atoms with E-state index in [0.717, 1.165) is 12.8 Å². The van der Waals surface area contributed by atoms with Crippen LogP contribution in [-0.4, -0.2) is 21.9 Å². The minimum atomic E-state index is -0.661. The topological polar surface area (TPSA) is 29.5 Å². The van der Waals surface area contributed by atoms with E-state index in [1.165, 1.54) is 0 Å². The summed E-state index contributed by atoms with van der Waals surface area (Å²) < 4.78 is 6.33. The molecule has 2 bridgehead atoms. The van der Waals surface area contributed by atoms with Crippen LogP contribution >= 0.6 is 0 Å². The van der Waals surface area contributed by atoms with Gasteiger partial charge in [0.15, 0.2) is 0 Å². The van der Waals surface area contributed by atoms with Gasteiger partial charge < -0.3 is 9.84 Å². The van der Waals surface area contributed by atoms with Gasteiger partial charge in [-0.25, -0.2) is 0 Å². The summed E-state index contributed by atoms with van der Waals surface area (Å²) >= 11 is 0. The second kappa shape index (κ2) is 3.27. The molecule has 2 saturated heterocycles. The standard InChI is InChI=1S/C15H28O2/c1-10-13(6)8-9-14(7,17-13)11(2)15(10,16)12(3,4)5/h10-11,16H,8-9H2,1-7H3/t10-,11+,13+,14-,15?. The molecule has 1 unspecified atom stereocenters. The zero-order chi connectivity index (χ0) is 13.3. The molecule has 0 amide bonds. The van der Waals surface area contributed by atoms with E-state index in [-0.39, 0.29) is 28.5 Å². The summed E-state index contributed by atoms with van der Waals surface area (Å²) in [6, 6.07) is 0. The zero-order valence-corrected chi connectivity index (χ0v) is 12.4. The van der Waals surface area contributed by atoms with Crippen molar-refractivity contribution in [1.82, 2.24) is 0 Å². The Labute approximate surface area is 106 Å². The number of fused-ring (bicyclic) bond motifs is 2. The van der Waals surface area contributed by atoms with Gasteiger partial charge in [-0.15, -0.1) is 0 Å². The van der Waals surface area contributed by atoms with Gasteiger partial charge in [0.1, 0.15) is 0 Å². The minimum Gasteiger partial charge on any atom is -0.389 e. The first-order valence-electron chi connectivity index (χ1n) is 6.90. The normalized spacial score (nSPS) is 55.1. The van der Waals surface area contributed by atoms with E-state index in [2.05, 4.69) is 48.5 Å². The lowest BCUT2D eigenvalue weighted by Crippen LogP contribution is -2.67. The molecule has 0 aromatic rings. The predicted molar refractivity (Wildman–Crippen MR) is 69.9 cm³/mol. The van der Waals surface area contributed by atoms with Gasteiger partial charge in [-0.05, 0) is 32.1 Å². The van der Waals surface area contributed by atoms with Gasteiger partial charge in [0.25, 0.3) is 0 Å². The Morgan fingerprint density at radius 3 is 1.65 bits per heavy atom. The van der Waals surface area contributed by atoms with E-state index in [1.54, 1.807) is 0 Å². The molecule has 17 heavy (non-hydrogen) atoms. The highest BCUT2D eigenvalue weighted by Crippen LogP contribution is 2.61. The lowest BCUT2D eigenvalue weighted by Gasteiger charge is -2.60. The fraction of sp³-hybridized carbons (Fsp3) is 1.00. The molecular weight excluding hydrogens is 212 g/mol. The summed E-state index contributed by atoms with van der Waals surface area (Å²) in [7, 11) is 0. The second-order valence-corrected chi connectivity index (χ2v) is 7.75. The van der Waals surface area contributed by atoms with Gasteiger partial charge in [-0.1, -0.05) is 34.6 Å². The summed E-state index contributed by atoms with van der Waals surface area (Å²) in [5, 5.41) is 11.4. The van der Waals surface area contributed by atoms with Crippen LogP contribution in [0.15, 0.2) is 0 Å². The molecule has 100 valence electrons. The molecule has 2 nitrogen and oxygen atoms in total. The van der Waals surface area contributed by atoms with Crippen LogP contribution in [0, 0.1) is 17.3 Å². The zero-order valence-electron chi connectivity index (χ0n) is 12.4. The lowest BCUT2D eigenvalue weighted by atomic mass is 9.56. The third kappa shape index (κ3) is 1.46. The molecule has 2 aliphatic heterocycles. The van der Waals surface area contributed by atoms with Crippen LogP contribution in [-0.2, 0) is 4.74 Å². The molecule has 0 spiro atoms. The van der Waals surface area contributed by atoms with Crippen molar-refractivity contribution in [2.75, 3.05) is 0 Å². The summed E-state index contributed by atoms with van der Waals surface area (Å²) in [6.07, 6.45) is 2.13. The lowest BCUT2D eigenvalue weighted by molar-refractivity contribution is -0.291. The Kier molecular flexibility index (Phi) is 2.57. The number of hydrogen-bond acceptors (Lipinski definition) is 2. The van der Waals surface area contributed by atoms with E-state index in [0.29, 0.717) is 0 Å². The van der Waals surface area contributed by atoms with Crippen molar-refractivity contribution >= 4 is 0 Å². The molecule has 0 aromatic carbocycles. The molecule has 0 aromatic heterocycles. The van der Waals surface area contributed by atoms with Crippen molar-refractivity contribution in [1.29, 1.82) is 0 Å². The minimum absolute atomic E-state index is 0.123. The quantitative estimate of drug-likeness (QED) is 0.703. The molecule has 2 fully saturated rings. The maximum atomic E-state index is 11.4. The molecule has 1 N–H and O–H groups in total. The molecule has 0 aliphatic carbocycles. The number of hydrogen-bond donors (Lipinski definition) is 1. The fourth-order valence-corrected chi connectivity index (χ4v) is 4.35. The fourth-order valence-electron chi connectivity index (χ4n) is 4.35. The first-order valence-corrected chi connectivity index (χ1v) is 6.90. The smallest absolute Gasteiger partial charge is 0.0801 e. The van der Waals surface area contributed by atoms with Gasteiger partial charge in [0.2, 0.25) is 0 Å². The van der Waals surface area contributed by atoms with Crippen LogP contribution in [0.5, 0.6) is 0 Å². The Morgan fingerprint density at radius 1 is 1.00 bits per heavy atom. The van der Waals surface area contributed by atoms with Crippen molar-refractivity contribution in [3.63, 3.8) is 0 Å². The molecule has 2 rings (SSSR count). The van der Waals surface area contributed by atoms with E-state index in [1.807, 2.05) is 0 Å². The average Bonchev–Trinajstić information content (AvgIpc) is 2.49. The predicted octanol–water partition coefficient (Wildman–Crippen LogP) is 3.38. The second-order valence-electron chi connectivity index (χ2n) is 7.75. The highest BCUT2D eigenvalue weighted by Gasteiger charge is 2.67. The van der Waals surface area contributed by atoms with Gasteiger partial charge in [0.05, 0.1) is 16.8 Å². The average molecular weight is 240 g/mol. The Balaban J connectivity index is 2.54. The largest absolute Gasteiger partial charge is 0.389 e. The highest BCUT2D eigenvalue weighted by molar-refractivity contribution is 5.16. The van der Waals surface area contributed by atoms with Crippen molar-refractivity contribution in [3.05, 3.63) is 0 Å². The first-order chi connectivity index (χ1) is 7.47.